The summed E-state index contributed by atoms with van der Waals surface area (Å²) < 4.78 is 0. The molecule has 1 atom stereocenters. The average Bonchev–Trinajstić information content (AvgIpc) is 3.22. The predicted octanol–water partition coefficient (Wildman–Crippen LogP) is 2.60. The second kappa shape index (κ2) is 6.72. The molecule has 7 nitrogen and oxygen atoms in total. The van der Waals surface area contributed by atoms with Gasteiger partial charge in [-0.3, -0.25) is 19.7 Å². The first-order valence-corrected chi connectivity index (χ1v) is 8.93. The van der Waals surface area contributed by atoms with Crippen LogP contribution < -0.4 is 4.90 Å². The highest BCUT2D eigenvalue weighted by Gasteiger charge is 2.40. The lowest BCUT2D eigenvalue weighted by Gasteiger charge is -2.14. The molecule has 26 heavy (non-hydrogen) atoms. The number of carbonyl (C=O) groups is 2. The number of amides is 2. The molecule has 0 radical (unpaired) electrons. The molecule has 0 saturated carbocycles. The maximum atomic E-state index is 12.7. The Morgan fingerprint density at radius 2 is 1.85 bits per heavy atom. The summed E-state index contributed by atoms with van der Waals surface area (Å²) in [7, 11) is 0. The number of pyridine rings is 1. The Kier molecular flexibility index (Phi) is 4.26. The van der Waals surface area contributed by atoms with Crippen molar-refractivity contribution in [1.29, 1.82) is 0 Å². The van der Waals surface area contributed by atoms with Crippen LogP contribution in [0.2, 0.25) is 0 Å². The van der Waals surface area contributed by atoms with Crippen molar-refractivity contribution in [2.24, 2.45) is 0 Å². The van der Waals surface area contributed by atoms with E-state index in [9.17, 15) is 9.59 Å². The Balaban J connectivity index is 1.51. The van der Waals surface area contributed by atoms with E-state index in [1.165, 1.54) is 16.7 Å². The monoisotopic (exact) mass is 365 g/mol. The van der Waals surface area contributed by atoms with Gasteiger partial charge in [0.05, 0.1) is 5.69 Å². The van der Waals surface area contributed by atoms with Crippen LogP contribution in [0.5, 0.6) is 0 Å². The Morgan fingerprint density at radius 1 is 1.12 bits per heavy atom. The molecule has 1 N–H and O–H groups in total. The summed E-state index contributed by atoms with van der Waals surface area (Å²) in [5, 5.41) is 6.92. The molecule has 0 aliphatic carbocycles. The molecule has 1 aliphatic rings. The Labute approximate surface area is 153 Å². The fourth-order valence-electron chi connectivity index (χ4n) is 2.73. The highest BCUT2D eigenvalue weighted by atomic mass is 32.2. The summed E-state index contributed by atoms with van der Waals surface area (Å²) in [6, 6.07) is 11.0. The topological polar surface area (TPSA) is 91.8 Å². The number of aromatic amines is 1. The number of nitrogens with zero attached hydrogens (tertiary/aromatic N) is 4. The van der Waals surface area contributed by atoms with Crippen molar-refractivity contribution in [3.8, 4) is 11.4 Å². The lowest BCUT2D eigenvalue weighted by atomic mass is 10.2. The van der Waals surface area contributed by atoms with E-state index in [-0.39, 0.29) is 18.2 Å². The molecule has 2 aromatic heterocycles. The summed E-state index contributed by atoms with van der Waals surface area (Å²) >= 11 is 1.20. The smallest absolute Gasteiger partial charge is 0.247 e. The number of hydrogen-bond donors (Lipinski definition) is 1. The van der Waals surface area contributed by atoms with Gasteiger partial charge in [-0.05, 0) is 31.2 Å². The number of hydrogen-bond acceptors (Lipinski definition) is 6. The van der Waals surface area contributed by atoms with E-state index in [0.29, 0.717) is 16.7 Å². The Hall–Kier alpha value is -3.00. The molecular weight excluding hydrogens is 350 g/mol. The fraction of sp³-hybridized carbons (Fsp3) is 0.167. The maximum absolute atomic E-state index is 12.7. The zero-order chi connectivity index (χ0) is 18.1. The molecule has 2 amide bonds. The van der Waals surface area contributed by atoms with Crippen LogP contribution in [0.3, 0.4) is 0 Å². The molecule has 4 rings (SSSR count). The average molecular weight is 365 g/mol. The van der Waals surface area contributed by atoms with Gasteiger partial charge in [-0.25, -0.2) is 9.88 Å². The molecule has 130 valence electrons. The van der Waals surface area contributed by atoms with Gasteiger partial charge >= 0.3 is 0 Å². The third-order valence-corrected chi connectivity index (χ3v) is 5.11. The van der Waals surface area contributed by atoms with Gasteiger partial charge in [0.25, 0.3) is 0 Å². The van der Waals surface area contributed by atoms with Crippen LogP contribution >= 0.6 is 11.8 Å². The van der Waals surface area contributed by atoms with Crippen molar-refractivity contribution in [3.05, 3.63) is 54.4 Å². The van der Waals surface area contributed by atoms with Crippen molar-refractivity contribution in [1.82, 2.24) is 20.2 Å². The molecule has 1 saturated heterocycles. The molecule has 3 heterocycles. The van der Waals surface area contributed by atoms with Crippen molar-refractivity contribution in [2.75, 3.05) is 4.90 Å². The van der Waals surface area contributed by atoms with Crippen LogP contribution in [0.1, 0.15) is 12.0 Å². The zero-order valence-electron chi connectivity index (χ0n) is 13.9. The number of rotatable bonds is 4. The minimum atomic E-state index is -0.523. The highest BCUT2D eigenvalue weighted by Crippen LogP contribution is 2.33. The lowest BCUT2D eigenvalue weighted by molar-refractivity contribution is -0.121. The number of carbonyl (C=O) groups excluding carboxylic acids is 2. The minimum Gasteiger partial charge on any atom is -0.274 e. The van der Waals surface area contributed by atoms with Crippen LogP contribution in [-0.2, 0) is 9.59 Å². The summed E-state index contributed by atoms with van der Waals surface area (Å²) in [4.78, 5) is 34.6. The lowest BCUT2D eigenvalue weighted by Crippen LogP contribution is -2.31. The van der Waals surface area contributed by atoms with Gasteiger partial charge in [-0.2, -0.15) is 0 Å². The first-order chi connectivity index (χ1) is 12.6. The van der Waals surface area contributed by atoms with Crippen molar-refractivity contribution < 1.29 is 9.59 Å². The van der Waals surface area contributed by atoms with Crippen LogP contribution in [0, 0.1) is 6.92 Å². The number of aryl methyl sites for hydroxylation is 1. The maximum Gasteiger partial charge on any atom is 0.247 e. The second-order valence-corrected chi connectivity index (χ2v) is 7.09. The molecule has 3 aromatic rings. The van der Waals surface area contributed by atoms with Crippen LogP contribution in [0.15, 0.2) is 53.9 Å². The molecule has 0 spiro atoms. The number of benzene rings is 1. The minimum absolute atomic E-state index is 0.135. The number of thioether (sulfide) groups is 1. The van der Waals surface area contributed by atoms with Crippen LogP contribution in [0.4, 0.5) is 5.69 Å². The van der Waals surface area contributed by atoms with Gasteiger partial charge in [0, 0.05) is 24.4 Å². The third-order valence-electron chi connectivity index (χ3n) is 4.06. The standard InChI is InChI=1S/C18H15N5O2S/c1-11-2-4-13(5-3-11)23-15(24)10-14(17(23)25)26-18-20-16(21-22-18)12-6-8-19-9-7-12/h2-9,14H,10H2,1H3,(H,20,21,22)/t14-/m0/s1. The molecular formula is C18H15N5O2S. The van der Waals surface area contributed by atoms with E-state index < -0.39 is 5.25 Å². The van der Waals surface area contributed by atoms with E-state index in [0.717, 1.165) is 11.1 Å². The van der Waals surface area contributed by atoms with E-state index in [1.807, 2.05) is 31.2 Å². The number of anilines is 1. The summed E-state index contributed by atoms with van der Waals surface area (Å²) in [6.45, 7) is 1.96. The fourth-order valence-corrected chi connectivity index (χ4v) is 3.66. The van der Waals surface area contributed by atoms with Crippen molar-refractivity contribution >= 4 is 29.3 Å². The predicted molar refractivity (Wildman–Crippen MR) is 97.5 cm³/mol. The second-order valence-electron chi connectivity index (χ2n) is 5.92. The molecule has 0 unspecified atom stereocenters. The summed E-state index contributed by atoms with van der Waals surface area (Å²) in [6.07, 6.45) is 3.48. The quantitative estimate of drug-likeness (QED) is 0.715. The van der Waals surface area contributed by atoms with Crippen molar-refractivity contribution in [2.45, 2.75) is 23.8 Å². The summed E-state index contributed by atoms with van der Waals surface area (Å²) in [5.41, 5.74) is 2.53. The molecule has 1 fully saturated rings. The van der Waals surface area contributed by atoms with Crippen molar-refractivity contribution in [3.63, 3.8) is 0 Å². The zero-order valence-corrected chi connectivity index (χ0v) is 14.7. The number of nitrogens with one attached hydrogen (secondary N) is 1. The normalized spacial score (nSPS) is 17.1. The first-order valence-electron chi connectivity index (χ1n) is 8.05. The largest absolute Gasteiger partial charge is 0.274 e. The Morgan fingerprint density at radius 3 is 2.58 bits per heavy atom. The van der Waals surface area contributed by atoms with E-state index in [1.54, 1.807) is 24.5 Å². The number of aromatic nitrogens is 4. The SMILES string of the molecule is Cc1ccc(N2C(=O)C[C@H](Sc3n[nH]c(-c4ccncc4)n3)C2=O)cc1. The summed E-state index contributed by atoms with van der Waals surface area (Å²) in [5.74, 6) is 0.155. The van der Waals surface area contributed by atoms with Gasteiger partial charge in [0.1, 0.15) is 5.25 Å². The molecule has 0 bridgehead atoms. The van der Waals surface area contributed by atoms with E-state index in [4.69, 9.17) is 0 Å². The van der Waals surface area contributed by atoms with Gasteiger partial charge in [-0.1, -0.05) is 29.5 Å². The highest BCUT2D eigenvalue weighted by molar-refractivity contribution is 8.00. The van der Waals surface area contributed by atoms with Gasteiger partial charge in [0.15, 0.2) is 5.82 Å². The van der Waals surface area contributed by atoms with E-state index >= 15 is 0 Å². The first kappa shape index (κ1) is 16.5. The molecule has 8 heteroatoms. The van der Waals surface area contributed by atoms with Gasteiger partial charge in [0.2, 0.25) is 17.0 Å². The van der Waals surface area contributed by atoms with Gasteiger partial charge in [-0.15, -0.1) is 5.10 Å². The third kappa shape index (κ3) is 3.11. The molecule has 1 aliphatic heterocycles. The number of H-pyrrole nitrogens is 1. The molecule has 1 aromatic carbocycles. The number of imide groups is 1. The Bertz CT molecular complexity index is 955. The van der Waals surface area contributed by atoms with E-state index in [2.05, 4.69) is 20.2 Å². The van der Waals surface area contributed by atoms with Crippen LogP contribution in [-0.4, -0.2) is 37.2 Å². The van der Waals surface area contributed by atoms with Crippen LogP contribution in [0.25, 0.3) is 11.4 Å². The van der Waals surface area contributed by atoms with Gasteiger partial charge < -0.3 is 0 Å².